The predicted octanol–water partition coefficient (Wildman–Crippen LogP) is 2.34. The molecule has 1 saturated heterocycles. The molecule has 2 heterocycles. The number of aromatic nitrogens is 1. The number of hydrogen-bond donors (Lipinski definition) is 1. The highest BCUT2D eigenvalue weighted by molar-refractivity contribution is 7.11. The van der Waals surface area contributed by atoms with Gasteiger partial charge in [0.2, 0.25) is 0 Å². The molecule has 1 aliphatic heterocycles. The first-order chi connectivity index (χ1) is 9.76. The summed E-state index contributed by atoms with van der Waals surface area (Å²) in [6.07, 6.45) is 6.72. The number of hydrogen-bond acceptors (Lipinski definition) is 5. The second kappa shape index (κ2) is 6.10. The van der Waals surface area contributed by atoms with E-state index in [1.54, 1.807) is 4.90 Å². The molecule has 5 nitrogen and oxygen atoms in total. The number of methoxy groups -OCH3 is 1. The molecule has 1 aromatic heterocycles. The first kappa shape index (κ1) is 13.8. The molecule has 1 amide bonds. The zero-order chi connectivity index (χ0) is 13.9. The molecule has 1 atom stereocenters. The van der Waals surface area contributed by atoms with Crippen LogP contribution in [0.15, 0.2) is 6.20 Å². The van der Waals surface area contributed by atoms with Gasteiger partial charge in [-0.1, -0.05) is 6.42 Å². The number of carbonyl (C=O) groups is 1. The molecule has 3 rings (SSSR count). The largest absolute Gasteiger partial charge is 0.453 e. The molecule has 0 aromatic carbocycles. The maximum Gasteiger partial charge on any atom is 0.409 e. The van der Waals surface area contributed by atoms with Crippen LogP contribution >= 0.6 is 11.3 Å². The van der Waals surface area contributed by atoms with Crippen molar-refractivity contribution in [1.29, 1.82) is 0 Å². The van der Waals surface area contributed by atoms with E-state index < -0.39 is 0 Å². The lowest BCUT2D eigenvalue weighted by Gasteiger charge is -2.22. The van der Waals surface area contributed by atoms with Crippen LogP contribution in [0.25, 0.3) is 0 Å². The molecular weight excluding hydrogens is 274 g/mol. The summed E-state index contributed by atoms with van der Waals surface area (Å²) in [5.41, 5.74) is 0. The first-order valence-corrected chi connectivity index (χ1v) is 8.09. The van der Waals surface area contributed by atoms with Crippen molar-refractivity contribution in [2.45, 2.75) is 44.2 Å². The van der Waals surface area contributed by atoms with Crippen molar-refractivity contribution in [1.82, 2.24) is 15.2 Å². The van der Waals surface area contributed by atoms with E-state index in [-0.39, 0.29) is 6.09 Å². The summed E-state index contributed by atoms with van der Waals surface area (Å²) in [5, 5.41) is 4.82. The van der Waals surface area contributed by atoms with Gasteiger partial charge in [0.05, 0.1) is 12.1 Å². The van der Waals surface area contributed by atoms with Crippen molar-refractivity contribution < 1.29 is 9.53 Å². The molecule has 1 unspecified atom stereocenters. The molecule has 1 saturated carbocycles. The first-order valence-electron chi connectivity index (χ1n) is 7.27. The van der Waals surface area contributed by atoms with E-state index in [1.165, 1.54) is 36.3 Å². The highest BCUT2D eigenvalue weighted by Crippen LogP contribution is 2.38. The van der Waals surface area contributed by atoms with Crippen molar-refractivity contribution in [3.05, 3.63) is 16.1 Å². The van der Waals surface area contributed by atoms with Crippen LogP contribution in [-0.2, 0) is 11.3 Å². The Labute approximate surface area is 123 Å². The summed E-state index contributed by atoms with van der Waals surface area (Å²) in [4.78, 5) is 19.0. The molecule has 0 bridgehead atoms. The van der Waals surface area contributed by atoms with Crippen molar-refractivity contribution in [3.8, 4) is 0 Å². The molecule has 20 heavy (non-hydrogen) atoms. The van der Waals surface area contributed by atoms with Crippen molar-refractivity contribution >= 4 is 17.4 Å². The van der Waals surface area contributed by atoms with Crippen LogP contribution in [0.3, 0.4) is 0 Å². The van der Waals surface area contributed by atoms with Gasteiger partial charge in [-0.25, -0.2) is 9.78 Å². The van der Waals surface area contributed by atoms with E-state index in [0.29, 0.717) is 6.04 Å². The minimum Gasteiger partial charge on any atom is -0.453 e. The topological polar surface area (TPSA) is 54.5 Å². The van der Waals surface area contributed by atoms with Gasteiger partial charge in [-0.3, -0.25) is 0 Å². The van der Waals surface area contributed by atoms with Gasteiger partial charge >= 0.3 is 6.09 Å². The molecule has 1 N–H and O–H groups in total. The van der Waals surface area contributed by atoms with Crippen molar-refractivity contribution in [2.75, 3.05) is 20.2 Å². The standard InChI is InChI=1S/C14H21N3O2S/c1-19-14(18)17-6-5-11(9-17)15-7-12-8-16-13(20-12)10-3-2-4-10/h8,10-11,15H,2-7,9H2,1H3. The van der Waals surface area contributed by atoms with Gasteiger partial charge in [0.1, 0.15) is 0 Å². The third kappa shape index (κ3) is 2.96. The quantitative estimate of drug-likeness (QED) is 0.926. The third-order valence-corrected chi connectivity index (χ3v) is 5.37. The maximum absolute atomic E-state index is 11.4. The van der Waals surface area contributed by atoms with Gasteiger partial charge in [0.25, 0.3) is 0 Å². The lowest BCUT2D eigenvalue weighted by atomic mass is 9.86. The lowest BCUT2D eigenvalue weighted by Crippen LogP contribution is -2.34. The van der Waals surface area contributed by atoms with E-state index in [4.69, 9.17) is 4.74 Å². The van der Waals surface area contributed by atoms with Gasteiger partial charge in [-0.05, 0) is 19.3 Å². The molecular formula is C14H21N3O2S. The van der Waals surface area contributed by atoms with Gasteiger partial charge in [-0.15, -0.1) is 11.3 Å². The minimum absolute atomic E-state index is 0.223. The van der Waals surface area contributed by atoms with Crippen LogP contribution in [0.1, 0.15) is 41.5 Å². The second-order valence-electron chi connectivity index (χ2n) is 5.58. The zero-order valence-electron chi connectivity index (χ0n) is 11.8. The Morgan fingerprint density at radius 1 is 1.55 bits per heavy atom. The van der Waals surface area contributed by atoms with Crippen LogP contribution in [0.5, 0.6) is 0 Å². The Kier molecular flexibility index (Phi) is 4.21. The van der Waals surface area contributed by atoms with E-state index in [0.717, 1.165) is 32.0 Å². The number of nitrogens with one attached hydrogen (secondary N) is 1. The van der Waals surface area contributed by atoms with E-state index in [1.807, 2.05) is 17.5 Å². The van der Waals surface area contributed by atoms with Gasteiger partial charge < -0.3 is 15.0 Å². The zero-order valence-corrected chi connectivity index (χ0v) is 12.6. The number of nitrogens with zero attached hydrogens (tertiary/aromatic N) is 2. The Morgan fingerprint density at radius 2 is 2.40 bits per heavy atom. The van der Waals surface area contributed by atoms with E-state index in [9.17, 15) is 4.79 Å². The molecule has 6 heteroatoms. The fraction of sp³-hybridized carbons (Fsp3) is 0.714. The number of likely N-dealkylation sites (tertiary alicyclic amines) is 1. The van der Waals surface area contributed by atoms with Crippen LogP contribution in [0.4, 0.5) is 4.79 Å². The fourth-order valence-corrected chi connectivity index (χ4v) is 3.75. The Morgan fingerprint density at radius 3 is 3.10 bits per heavy atom. The summed E-state index contributed by atoms with van der Waals surface area (Å²) >= 11 is 1.83. The lowest BCUT2D eigenvalue weighted by molar-refractivity contribution is 0.132. The van der Waals surface area contributed by atoms with Crippen LogP contribution in [-0.4, -0.2) is 42.2 Å². The van der Waals surface area contributed by atoms with Gasteiger partial charge in [-0.2, -0.15) is 0 Å². The molecule has 2 fully saturated rings. The SMILES string of the molecule is COC(=O)N1CCC(NCc2cnc(C3CCC3)s2)C1. The second-order valence-corrected chi connectivity index (χ2v) is 6.72. The smallest absolute Gasteiger partial charge is 0.409 e. The number of amides is 1. The normalized spacial score (nSPS) is 22.9. The highest BCUT2D eigenvalue weighted by Gasteiger charge is 2.27. The highest BCUT2D eigenvalue weighted by atomic mass is 32.1. The Balaban J connectivity index is 1.45. The number of rotatable bonds is 4. The Bertz CT molecular complexity index is 473. The van der Waals surface area contributed by atoms with Crippen molar-refractivity contribution in [3.63, 3.8) is 0 Å². The van der Waals surface area contributed by atoms with E-state index in [2.05, 4.69) is 10.3 Å². The number of ether oxygens (including phenoxy) is 1. The minimum atomic E-state index is -0.223. The third-order valence-electron chi connectivity index (χ3n) is 4.21. The molecule has 110 valence electrons. The van der Waals surface area contributed by atoms with E-state index >= 15 is 0 Å². The van der Waals surface area contributed by atoms with Crippen LogP contribution < -0.4 is 5.32 Å². The molecule has 0 spiro atoms. The molecule has 0 radical (unpaired) electrons. The predicted molar refractivity (Wildman–Crippen MR) is 77.9 cm³/mol. The van der Waals surface area contributed by atoms with Crippen LogP contribution in [0, 0.1) is 0 Å². The summed E-state index contributed by atoms with van der Waals surface area (Å²) in [5.74, 6) is 0.718. The molecule has 1 aromatic rings. The number of thiazole rings is 1. The van der Waals surface area contributed by atoms with Gasteiger partial charge in [0.15, 0.2) is 0 Å². The maximum atomic E-state index is 11.4. The summed E-state index contributed by atoms with van der Waals surface area (Å²) in [6.45, 7) is 2.37. The van der Waals surface area contributed by atoms with Crippen molar-refractivity contribution in [2.24, 2.45) is 0 Å². The monoisotopic (exact) mass is 295 g/mol. The molecule has 2 aliphatic rings. The molecule has 1 aliphatic carbocycles. The average molecular weight is 295 g/mol. The number of carbonyl (C=O) groups excluding carboxylic acids is 1. The summed E-state index contributed by atoms with van der Waals surface area (Å²) in [7, 11) is 1.43. The fourth-order valence-electron chi connectivity index (χ4n) is 2.72. The average Bonchev–Trinajstić information content (AvgIpc) is 3.02. The van der Waals surface area contributed by atoms with Crippen LogP contribution in [0.2, 0.25) is 0 Å². The summed E-state index contributed by atoms with van der Waals surface area (Å²) < 4.78 is 4.74. The van der Waals surface area contributed by atoms with Gasteiger partial charge in [0, 0.05) is 42.7 Å². The Hall–Kier alpha value is -1.14. The summed E-state index contributed by atoms with van der Waals surface area (Å²) in [6, 6.07) is 0.364.